The molecule has 1 saturated heterocycles. The molecule has 0 saturated carbocycles. The van der Waals surface area contributed by atoms with E-state index in [1.807, 2.05) is 4.90 Å². The average molecular weight is 536 g/mol. The summed E-state index contributed by atoms with van der Waals surface area (Å²) in [7, 11) is 0. The molecule has 1 aromatic heterocycles. The van der Waals surface area contributed by atoms with Crippen molar-refractivity contribution in [3.8, 4) is 0 Å². The molecule has 38 heavy (non-hydrogen) atoms. The molecule has 5 rings (SSSR count). The Hall–Kier alpha value is -3.56. The summed E-state index contributed by atoms with van der Waals surface area (Å²) in [6.07, 6.45) is -2.59. The van der Waals surface area contributed by atoms with Crippen molar-refractivity contribution in [2.75, 3.05) is 22.9 Å². The van der Waals surface area contributed by atoms with Gasteiger partial charge in [-0.3, -0.25) is 9.58 Å². The largest absolute Gasteiger partial charge is 0.416 e. The lowest BCUT2D eigenvalue weighted by atomic mass is 10.00. The second-order valence-electron chi connectivity index (χ2n) is 9.64. The van der Waals surface area contributed by atoms with Gasteiger partial charge in [0, 0.05) is 45.2 Å². The molecule has 2 aromatic carbocycles. The van der Waals surface area contributed by atoms with Crippen molar-refractivity contribution in [2.45, 2.75) is 64.8 Å². The van der Waals surface area contributed by atoms with Crippen LogP contribution in [0.2, 0.25) is 0 Å². The first-order valence-corrected chi connectivity index (χ1v) is 12.3. The summed E-state index contributed by atoms with van der Waals surface area (Å²) in [6.45, 7) is -3.93. The maximum atomic E-state index is 14.6. The lowest BCUT2D eigenvalue weighted by Crippen LogP contribution is -2.54. The third-order valence-corrected chi connectivity index (χ3v) is 7.18. The van der Waals surface area contributed by atoms with Crippen molar-refractivity contribution >= 4 is 17.5 Å². The van der Waals surface area contributed by atoms with Gasteiger partial charge in [-0.25, -0.2) is 9.18 Å². The second-order valence-corrected chi connectivity index (χ2v) is 9.64. The Morgan fingerprint density at radius 2 is 1.84 bits per heavy atom. The fourth-order valence-corrected chi connectivity index (χ4v) is 5.35. The zero-order valence-corrected chi connectivity index (χ0v) is 20.7. The van der Waals surface area contributed by atoms with Crippen LogP contribution in [-0.4, -0.2) is 39.8 Å². The standard InChI is InChI=1S/C28H31F4N5O/c1-18(2)37-17-21-16-35(22-11-13-34(14-12-22)25-19(3)7-6-10-24(25)29)27(38)36(26(21)33-37)15-20-8-4-5-9-23(20)28(30,31)32/h4-10,17-18,22H,11-16H2,1-3H3/i1D3,2D3. The van der Waals surface area contributed by atoms with Crippen molar-refractivity contribution in [3.63, 3.8) is 0 Å². The maximum Gasteiger partial charge on any atom is 0.416 e. The van der Waals surface area contributed by atoms with Gasteiger partial charge in [-0.05, 0) is 56.7 Å². The second kappa shape index (κ2) is 9.96. The number of piperidine rings is 1. The fraction of sp³-hybridized carbons (Fsp3) is 0.429. The molecule has 10 heteroatoms. The molecule has 2 aliphatic rings. The molecule has 2 amide bonds. The molecular weight excluding hydrogens is 498 g/mol. The molecule has 3 heterocycles. The van der Waals surface area contributed by atoms with E-state index >= 15 is 0 Å². The minimum absolute atomic E-state index is 0.0519. The van der Waals surface area contributed by atoms with Crippen LogP contribution in [0.3, 0.4) is 0 Å². The summed E-state index contributed by atoms with van der Waals surface area (Å²) in [6, 6.07) is 6.55. The van der Waals surface area contributed by atoms with Gasteiger partial charge in [-0.1, -0.05) is 30.3 Å². The van der Waals surface area contributed by atoms with Crippen molar-refractivity contribution in [2.24, 2.45) is 0 Å². The fourth-order valence-electron chi connectivity index (χ4n) is 5.35. The third-order valence-electron chi connectivity index (χ3n) is 7.18. The molecule has 2 aliphatic heterocycles. The first kappa shape index (κ1) is 19.5. The molecule has 1 fully saturated rings. The van der Waals surface area contributed by atoms with Crippen LogP contribution >= 0.6 is 0 Å². The van der Waals surface area contributed by atoms with Gasteiger partial charge in [-0.2, -0.15) is 18.3 Å². The normalized spacial score (nSPS) is 19.9. The predicted molar refractivity (Wildman–Crippen MR) is 138 cm³/mol. The Morgan fingerprint density at radius 3 is 2.53 bits per heavy atom. The lowest BCUT2D eigenvalue weighted by molar-refractivity contribution is -0.138. The number of halogens is 4. The predicted octanol–water partition coefficient (Wildman–Crippen LogP) is 6.54. The SMILES string of the molecule is [2H]C([2H])([2H])C(n1cc2c(n1)N(Cc1ccccc1C(F)(F)F)C(=O)N(C1CCN(c3c(C)cccc3F)CC1)C2)C([2H])([2H])[2H]. The number of aromatic nitrogens is 2. The molecular formula is C28H31F4N5O. The van der Waals surface area contributed by atoms with Crippen LogP contribution in [0.15, 0.2) is 48.7 Å². The summed E-state index contributed by atoms with van der Waals surface area (Å²) in [5.41, 5.74) is 0.401. The number of rotatable bonds is 5. The van der Waals surface area contributed by atoms with Crippen LogP contribution in [0.1, 0.15) is 63.1 Å². The number of anilines is 2. The van der Waals surface area contributed by atoms with Crippen LogP contribution in [-0.2, 0) is 19.3 Å². The van der Waals surface area contributed by atoms with E-state index in [0.717, 1.165) is 21.2 Å². The Labute approximate surface area is 227 Å². The number of carbonyl (C=O) groups excluding carboxylic acids is 1. The number of carbonyl (C=O) groups is 1. The number of nitrogens with zero attached hydrogens (tertiary/aromatic N) is 5. The molecule has 0 aliphatic carbocycles. The minimum Gasteiger partial charge on any atom is -0.369 e. The number of aryl methyl sites for hydroxylation is 1. The minimum atomic E-state index is -4.71. The molecule has 3 aromatic rings. The Balaban J connectivity index is 1.51. The van der Waals surface area contributed by atoms with Crippen LogP contribution in [0.4, 0.5) is 33.9 Å². The molecule has 0 spiro atoms. The first-order valence-electron chi connectivity index (χ1n) is 15.3. The molecule has 0 radical (unpaired) electrons. The van der Waals surface area contributed by atoms with Crippen molar-refractivity contribution in [3.05, 3.63) is 76.7 Å². The Morgan fingerprint density at radius 1 is 1.11 bits per heavy atom. The maximum absolute atomic E-state index is 14.6. The van der Waals surface area contributed by atoms with Crippen molar-refractivity contribution in [1.29, 1.82) is 0 Å². The number of alkyl halides is 3. The number of urea groups is 1. The summed E-state index contributed by atoms with van der Waals surface area (Å²) in [4.78, 5) is 18.4. The van der Waals surface area contributed by atoms with Crippen molar-refractivity contribution in [1.82, 2.24) is 14.7 Å². The first-order chi connectivity index (χ1) is 20.5. The van der Waals surface area contributed by atoms with Crippen molar-refractivity contribution < 1.29 is 30.6 Å². The molecule has 0 unspecified atom stereocenters. The van der Waals surface area contributed by atoms with Gasteiger partial charge >= 0.3 is 12.2 Å². The van der Waals surface area contributed by atoms with E-state index < -0.39 is 44.1 Å². The summed E-state index contributed by atoms with van der Waals surface area (Å²) < 4.78 is 104. The molecule has 6 nitrogen and oxygen atoms in total. The van der Waals surface area contributed by atoms with Gasteiger partial charge in [-0.15, -0.1) is 0 Å². The Bertz CT molecular complexity index is 1500. The lowest BCUT2D eigenvalue weighted by Gasteiger charge is -2.43. The van der Waals surface area contributed by atoms with Gasteiger partial charge < -0.3 is 9.80 Å². The van der Waals surface area contributed by atoms with Gasteiger partial charge in [0.15, 0.2) is 5.82 Å². The Kier molecular flexibility index (Phi) is 5.11. The van der Waals surface area contributed by atoms with Crippen LogP contribution in [0.5, 0.6) is 0 Å². The molecule has 0 bridgehead atoms. The smallest absolute Gasteiger partial charge is 0.369 e. The van der Waals surface area contributed by atoms with E-state index in [1.54, 1.807) is 19.1 Å². The summed E-state index contributed by atoms with van der Waals surface area (Å²) in [5.74, 6) is -0.455. The van der Waals surface area contributed by atoms with Crippen LogP contribution < -0.4 is 9.80 Å². The molecule has 0 N–H and O–H groups in total. The zero-order chi connectivity index (χ0) is 32.2. The van der Waals surface area contributed by atoms with E-state index in [0.29, 0.717) is 37.2 Å². The average Bonchev–Trinajstić information content (AvgIpc) is 3.31. The zero-order valence-electron chi connectivity index (χ0n) is 26.7. The van der Waals surface area contributed by atoms with Crippen LogP contribution in [0.25, 0.3) is 0 Å². The number of para-hydroxylation sites is 1. The van der Waals surface area contributed by atoms with Gasteiger partial charge in [0.2, 0.25) is 0 Å². The van der Waals surface area contributed by atoms with E-state index in [9.17, 15) is 22.4 Å². The summed E-state index contributed by atoms with van der Waals surface area (Å²) >= 11 is 0. The van der Waals surface area contributed by atoms with E-state index in [1.165, 1.54) is 35.4 Å². The quantitative estimate of drug-likeness (QED) is 0.349. The monoisotopic (exact) mass is 535 g/mol. The number of hydrogen-bond donors (Lipinski definition) is 0. The highest BCUT2D eigenvalue weighted by Gasteiger charge is 2.40. The van der Waals surface area contributed by atoms with E-state index in [4.69, 9.17) is 8.22 Å². The molecule has 0 atom stereocenters. The highest BCUT2D eigenvalue weighted by atomic mass is 19.4. The highest BCUT2D eigenvalue weighted by molar-refractivity contribution is 5.94. The number of fused-ring (bicyclic) bond motifs is 1. The van der Waals surface area contributed by atoms with E-state index in [2.05, 4.69) is 5.10 Å². The highest BCUT2D eigenvalue weighted by Crippen LogP contribution is 2.37. The number of hydrogen-bond acceptors (Lipinski definition) is 3. The molecule has 202 valence electrons. The topological polar surface area (TPSA) is 44.6 Å². The third kappa shape index (κ3) is 4.83. The number of amides is 2. The summed E-state index contributed by atoms with van der Waals surface area (Å²) in [5, 5.41) is 4.20. The van der Waals surface area contributed by atoms with Gasteiger partial charge in [0.05, 0.1) is 24.3 Å². The van der Waals surface area contributed by atoms with Gasteiger partial charge in [0.1, 0.15) is 5.82 Å². The van der Waals surface area contributed by atoms with Gasteiger partial charge in [0.25, 0.3) is 0 Å². The van der Waals surface area contributed by atoms with E-state index in [-0.39, 0.29) is 29.8 Å². The number of benzene rings is 2. The van der Waals surface area contributed by atoms with Crippen LogP contribution in [0, 0.1) is 12.7 Å².